The highest BCUT2D eigenvalue weighted by Crippen LogP contribution is 2.20. The second-order valence-electron chi connectivity index (χ2n) is 4.75. The maximum atomic E-state index is 13.3. The van der Waals surface area contributed by atoms with Gasteiger partial charge in [-0.25, -0.2) is 4.39 Å². The largest absolute Gasteiger partial charge is 0.494 e. The third-order valence-corrected chi connectivity index (χ3v) is 3.57. The molecule has 0 radical (unpaired) electrons. The number of nitrogens with zero attached hydrogens (tertiary/aromatic N) is 1. The lowest BCUT2D eigenvalue weighted by Crippen LogP contribution is -2.43. The molecule has 1 fully saturated rings. The Bertz CT molecular complexity index is 459. The lowest BCUT2D eigenvalue weighted by molar-refractivity contribution is 0.0703. The summed E-state index contributed by atoms with van der Waals surface area (Å²) >= 11 is 0. The Labute approximate surface area is 112 Å². The van der Waals surface area contributed by atoms with Gasteiger partial charge in [-0.2, -0.15) is 0 Å². The molecule has 2 rings (SSSR count). The smallest absolute Gasteiger partial charge is 0.253 e. The van der Waals surface area contributed by atoms with Crippen molar-refractivity contribution in [3.8, 4) is 5.75 Å². The van der Waals surface area contributed by atoms with Crippen molar-refractivity contribution in [3.05, 3.63) is 29.6 Å². The number of methoxy groups -OCH3 is 1. The highest BCUT2D eigenvalue weighted by molar-refractivity contribution is 5.94. The molecule has 0 aliphatic carbocycles. The van der Waals surface area contributed by atoms with Gasteiger partial charge in [0.2, 0.25) is 0 Å². The van der Waals surface area contributed by atoms with Gasteiger partial charge in [0.05, 0.1) is 7.11 Å². The Balaban J connectivity index is 2.14. The first kappa shape index (κ1) is 13.8. The molecule has 1 aliphatic heterocycles. The molecule has 1 heterocycles. The van der Waals surface area contributed by atoms with Crippen molar-refractivity contribution in [2.75, 3.05) is 27.2 Å². The molecule has 19 heavy (non-hydrogen) atoms. The standard InChI is InChI=1S/C14H19FN2O2/c1-17(11-5-7-16-8-6-11)14(18)10-3-4-12(15)13(9-10)19-2/h3-4,9,11,16H,5-8H2,1-2H3. The van der Waals surface area contributed by atoms with E-state index in [0.29, 0.717) is 5.56 Å². The van der Waals surface area contributed by atoms with Crippen LogP contribution in [0.15, 0.2) is 18.2 Å². The molecule has 1 amide bonds. The number of amides is 1. The van der Waals surface area contributed by atoms with Crippen molar-refractivity contribution in [1.82, 2.24) is 10.2 Å². The minimum absolute atomic E-state index is 0.0924. The zero-order valence-corrected chi connectivity index (χ0v) is 11.3. The summed E-state index contributed by atoms with van der Waals surface area (Å²) in [4.78, 5) is 14.1. The molecule has 1 saturated heterocycles. The molecule has 0 aromatic heterocycles. The van der Waals surface area contributed by atoms with Crippen LogP contribution in [0.1, 0.15) is 23.2 Å². The third-order valence-electron chi connectivity index (χ3n) is 3.57. The molecule has 4 nitrogen and oxygen atoms in total. The van der Waals surface area contributed by atoms with Crippen molar-refractivity contribution in [1.29, 1.82) is 0 Å². The molecule has 1 N–H and O–H groups in total. The van der Waals surface area contributed by atoms with E-state index >= 15 is 0 Å². The Kier molecular flexibility index (Phi) is 4.37. The molecule has 0 saturated carbocycles. The zero-order chi connectivity index (χ0) is 13.8. The summed E-state index contributed by atoms with van der Waals surface area (Å²) in [6.07, 6.45) is 1.89. The molecular formula is C14H19FN2O2. The van der Waals surface area contributed by atoms with Gasteiger partial charge in [-0.3, -0.25) is 4.79 Å². The molecule has 0 atom stereocenters. The molecule has 0 spiro atoms. The van der Waals surface area contributed by atoms with E-state index in [2.05, 4.69) is 5.32 Å². The van der Waals surface area contributed by atoms with Crippen molar-refractivity contribution < 1.29 is 13.9 Å². The van der Waals surface area contributed by atoms with Crippen LogP contribution in [0.4, 0.5) is 4.39 Å². The molecule has 1 aromatic carbocycles. The summed E-state index contributed by atoms with van der Waals surface area (Å²) in [5.41, 5.74) is 0.458. The van der Waals surface area contributed by atoms with Gasteiger partial charge in [0.25, 0.3) is 5.91 Å². The first-order chi connectivity index (χ1) is 9.13. The highest BCUT2D eigenvalue weighted by atomic mass is 19.1. The SMILES string of the molecule is COc1cc(C(=O)N(C)C2CCNCC2)ccc1F. The number of nitrogens with one attached hydrogen (secondary N) is 1. The van der Waals surface area contributed by atoms with Crippen LogP contribution >= 0.6 is 0 Å². The number of carbonyl (C=O) groups is 1. The number of benzene rings is 1. The second kappa shape index (κ2) is 6.02. The molecule has 0 unspecified atom stereocenters. The zero-order valence-electron chi connectivity index (χ0n) is 11.3. The van der Waals surface area contributed by atoms with Crippen LogP contribution in [0, 0.1) is 5.82 Å². The summed E-state index contributed by atoms with van der Waals surface area (Å²) in [5, 5.41) is 3.27. The van der Waals surface area contributed by atoms with Gasteiger partial charge in [0.15, 0.2) is 11.6 Å². The monoisotopic (exact) mass is 266 g/mol. The lowest BCUT2D eigenvalue weighted by atomic mass is 10.0. The molecular weight excluding hydrogens is 247 g/mol. The Hall–Kier alpha value is -1.62. The molecule has 5 heteroatoms. The molecule has 104 valence electrons. The number of hydrogen-bond donors (Lipinski definition) is 1. The lowest BCUT2D eigenvalue weighted by Gasteiger charge is -2.31. The van der Waals surface area contributed by atoms with Gasteiger partial charge >= 0.3 is 0 Å². The Morgan fingerprint density at radius 3 is 2.74 bits per heavy atom. The van der Waals surface area contributed by atoms with E-state index < -0.39 is 5.82 Å². The van der Waals surface area contributed by atoms with Crippen LogP contribution < -0.4 is 10.1 Å². The van der Waals surface area contributed by atoms with E-state index in [0.717, 1.165) is 25.9 Å². The first-order valence-electron chi connectivity index (χ1n) is 6.45. The van der Waals surface area contributed by atoms with Crippen LogP contribution in [-0.4, -0.2) is 44.1 Å². The van der Waals surface area contributed by atoms with Crippen LogP contribution in [0.2, 0.25) is 0 Å². The number of ether oxygens (including phenoxy) is 1. The van der Waals surface area contributed by atoms with E-state index in [1.807, 2.05) is 0 Å². The maximum absolute atomic E-state index is 13.3. The quantitative estimate of drug-likeness (QED) is 0.904. The van der Waals surface area contributed by atoms with Gasteiger partial charge in [0.1, 0.15) is 0 Å². The molecule has 1 aliphatic rings. The fourth-order valence-corrected chi connectivity index (χ4v) is 2.36. The van der Waals surface area contributed by atoms with Crippen LogP contribution in [-0.2, 0) is 0 Å². The van der Waals surface area contributed by atoms with Gasteiger partial charge in [-0.1, -0.05) is 0 Å². The minimum atomic E-state index is -0.455. The van der Waals surface area contributed by atoms with Gasteiger partial charge in [-0.15, -0.1) is 0 Å². The predicted molar refractivity (Wildman–Crippen MR) is 70.9 cm³/mol. The van der Waals surface area contributed by atoms with Crippen molar-refractivity contribution >= 4 is 5.91 Å². The summed E-state index contributed by atoms with van der Waals surface area (Å²) in [6, 6.07) is 4.46. The average molecular weight is 266 g/mol. The summed E-state index contributed by atoms with van der Waals surface area (Å²) in [7, 11) is 3.19. The topological polar surface area (TPSA) is 41.6 Å². The second-order valence-corrected chi connectivity index (χ2v) is 4.75. The van der Waals surface area contributed by atoms with Gasteiger partial charge in [-0.05, 0) is 44.1 Å². The number of rotatable bonds is 3. The van der Waals surface area contributed by atoms with Crippen molar-refractivity contribution in [2.45, 2.75) is 18.9 Å². The molecule has 1 aromatic rings. The Morgan fingerprint density at radius 2 is 2.11 bits per heavy atom. The summed E-state index contributed by atoms with van der Waals surface area (Å²) in [6.45, 7) is 1.85. The van der Waals surface area contributed by atoms with E-state index in [-0.39, 0.29) is 17.7 Å². The van der Waals surface area contributed by atoms with Crippen molar-refractivity contribution in [3.63, 3.8) is 0 Å². The highest BCUT2D eigenvalue weighted by Gasteiger charge is 2.23. The Morgan fingerprint density at radius 1 is 1.42 bits per heavy atom. The fraction of sp³-hybridized carbons (Fsp3) is 0.500. The predicted octanol–water partition coefficient (Wildman–Crippen LogP) is 1.66. The number of halogens is 1. The minimum Gasteiger partial charge on any atom is -0.494 e. The number of hydrogen-bond acceptors (Lipinski definition) is 3. The van der Waals surface area contributed by atoms with E-state index in [9.17, 15) is 9.18 Å². The molecule has 0 bridgehead atoms. The maximum Gasteiger partial charge on any atom is 0.253 e. The van der Waals surface area contributed by atoms with E-state index in [4.69, 9.17) is 4.74 Å². The first-order valence-corrected chi connectivity index (χ1v) is 6.45. The van der Waals surface area contributed by atoms with Crippen LogP contribution in [0.25, 0.3) is 0 Å². The van der Waals surface area contributed by atoms with Crippen molar-refractivity contribution in [2.24, 2.45) is 0 Å². The fourth-order valence-electron chi connectivity index (χ4n) is 2.36. The van der Waals surface area contributed by atoms with Gasteiger partial charge in [0, 0.05) is 18.7 Å². The van der Waals surface area contributed by atoms with E-state index in [1.54, 1.807) is 11.9 Å². The normalized spacial score (nSPS) is 16.2. The van der Waals surface area contributed by atoms with Crippen LogP contribution in [0.3, 0.4) is 0 Å². The van der Waals surface area contributed by atoms with Gasteiger partial charge < -0.3 is 15.0 Å². The average Bonchev–Trinajstić information content (AvgIpc) is 2.47. The number of carbonyl (C=O) groups excluding carboxylic acids is 1. The summed E-state index contributed by atoms with van der Waals surface area (Å²) < 4.78 is 18.2. The third kappa shape index (κ3) is 3.04. The van der Waals surface area contributed by atoms with E-state index in [1.165, 1.54) is 25.3 Å². The number of piperidine rings is 1. The van der Waals surface area contributed by atoms with Crippen LogP contribution in [0.5, 0.6) is 5.75 Å². The summed E-state index contributed by atoms with van der Waals surface area (Å²) in [5.74, 6) is -0.446.